The minimum atomic E-state index is -0.0567. The van der Waals surface area contributed by atoms with Gasteiger partial charge >= 0.3 is 0 Å². The minimum Gasteiger partial charge on any atom is -0.349 e. The smallest absolute Gasteiger partial charge is 0.251 e. The van der Waals surface area contributed by atoms with Crippen LogP contribution in [-0.4, -0.2) is 23.9 Å². The molecular formula is C23H34N2O2. The zero-order chi connectivity index (χ0) is 19.4. The molecule has 2 amide bonds. The van der Waals surface area contributed by atoms with Gasteiger partial charge in [0.25, 0.3) is 11.8 Å². The summed E-state index contributed by atoms with van der Waals surface area (Å²) < 4.78 is 0. The average molecular weight is 371 g/mol. The first kappa shape index (κ1) is 19.9. The number of carbonyl (C=O) groups is 2. The third kappa shape index (κ3) is 5.57. The first-order valence-corrected chi connectivity index (χ1v) is 10.6. The van der Waals surface area contributed by atoms with Crippen LogP contribution in [0.5, 0.6) is 0 Å². The second kappa shape index (κ2) is 8.90. The standard InChI is InChI=1S/C23H34N2O2/c1-15-4-8-20(9-5-15)24-22(26)18-12-17(3)13-19(14-18)23(27)25-21-10-6-16(2)7-11-21/h12-16,20-21H,4-11H2,1-3H3,(H,24,26)(H,25,27). The van der Waals surface area contributed by atoms with Crippen molar-refractivity contribution >= 4 is 11.8 Å². The Morgan fingerprint density at radius 2 is 1.07 bits per heavy atom. The van der Waals surface area contributed by atoms with Gasteiger partial charge in [-0.05, 0) is 93.9 Å². The van der Waals surface area contributed by atoms with Crippen molar-refractivity contribution in [3.63, 3.8) is 0 Å². The number of aryl methyl sites for hydroxylation is 1. The third-order valence-corrected chi connectivity index (χ3v) is 6.30. The molecule has 3 rings (SSSR count). The topological polar surface area (TPSA) is 58.2 Å². The van der Waals surface area contributed by atoms with Crippen LogP contribution in [0.3, 0.4) is 0 Å². The lowest BCUT2D eigenvalue weighted by Gasteiger charge is -2.27. The van der Waals surface area contributed by atoms with Gasteiger partial charge in [-0.2, -0.15) is 0 Å². The van der Waals surface area contributed by atoms with E-state index in [1.54, 1.807) is 6.07 Å². The number of rotatable bonds is 4. The molecular weight excluding hydrogens is 336 g/mol. The lowest BCUT2D eigenvalue weighted by atomic mass is 9.87. The molecule has 148 valence electrons. The van der Waals surface area contributed by atoms with Gasteiger partial charge in [0.15, 0.2) is 0 Å². The fourth-order valence-corrected chi connectivity index (χ4v) is 4.39. The Morgan fingerprint density at radius 1 is 0.704 bits per heavy atom. The molecule has 0 heterocycles. The van der Waals surface area contributed by atoms with Crippen molar-refractivity contribution in [1.82, 2.24) is 10.6 Å². The molecule has 2 N–H and O–H groups in total. The normalized spacial score (nSPS) is 28.4. The molecule has 0 bridgehead atoms. The van der Waals surface area contributed by atoms with Gasteiger partial charge in [-0.15, -0.1) is 0 Å². The van der Waals surface area contributed by atoms with Gasteiger partial charge in [0.1, 0.15) is 0 Å². The predicted octanol–water partition coefficient (Wildman–Crippen LogP) is 4.61. The van der Waals surface area contributed by atoms with E-state index in [0.29, 0.717) is 11.1 Å². The summed E-state index contributed by atoms with van der Waals surface area (Å²) in [7, 11) is 0. The third-order valence-electron chi connectivity index (χ3n) is 6.30. The molecule has 0 spiro atoms. The van der Waals surface area contributed by atoms with E-state index < -0.39 is 0 Å². The molecule has 0 radical (unpaired) electrons. The van der Waals surface area contributed by atoms with E-state index in [9.17, 15) is 9.59 Å². The second-order valence-corrected chi connectivity index (χ2v) is 8.95. The molecule has 0 aliphatic heterocycles. The summed E-state index contributed by atoms with van der Waals surface area (Å²) in [5.41, 5.74) is 2.13. The molecule has 4 heteroatoms. The second-order valence-electron chi connectivity index (χ2n) is 8.95. The molecule has 0 atom stereocenters. The van der Waals surface area contributed by atoms with Crippen LogP contribution in [0, 0.1) is 18.8 Å². The number of hydrogen-bond donors (Lipinski definition) is 2. The Hall–Kier alpha value is -1.84. The summed E-state index contributed by atoms with van der Waals surface area (Å²) in [5, 5.41) is 6.33. The van der Waals surface area contributed by atoms with Gasteiger partial charge in [0.2, 0.25) is 0 Å². The van der Waals surface area contributed by atoms with Crippen LogP contribution in [0.2, 0.25) is 0 Å². The quantitative estimate of drug-likeness (QED) is 0.813. The van der Waals surface area contributed by atoms with E-state index in [2.05, 4.69) is 24.5 Å². The lowest BCUT2D eigenvalue weighted by molar-refractivity contribution is 0.0922. The van der Waals surface area contributed by atoms with E-state index >= 15 is 0 Å². The van der Waals surface area contributed by atoms with E-state index in [0.717, 1.165) is 43.1 Å². The summed E-state index contributed by atoms with van der Waals surface area (Å²) in [4.78, 5) is 25.4. The highest BCUT2D eigenvalue weighted by Gasteiger charge is 2.23. The Bertz CT molecular complexity index is 615. The van der Waals surface area contributed by atoms with Gasteiger partial charge < -0.3 is 10.6 Å². The summed E-state index contributed by atoms with van der Waals surface area (Å²) in [6, 6.07) is 6.01. The highest BCUT2D eigenvalue weighted by molar-refractivity contribution is 6.00. The van der Waals surface area contributed by atoms with Crippen LogP contribution in [0.4, 0.5) is 0 Å². The predicted molar refractivity (Wildman–Crippen MR) is 109 cm³/mol. The van der Waals surface area contributed by atoms with Gasteiger partial charge in [-0.3, -0.25) is 9.59 Å². The van der Waals surface area contributed by atoms with E-state index in [-0.39, 0.29) is 23.9 Å². The Kier molecular flexibility index (Phi) is 6.56. The van der Waals surface area contributed by atoms with Crippen molar-refractivity contribution < 1.29 is 9.59 Å². The van der Waals surface area contributed by atoms with Crippen LogP contribution in [-0.2, 0) is 0 Å². The van der Waals surface area contributed by atoms with Crippen molar-refractivity contribution in [3.8, 4) is 0 Å². The number of nitrogens with one attached hydrogen (secondary N) is 2. The van der Waals surface area contributed by atoms with E-state index in [1.807, 2.05) is 19.1 Å². The highest BCUT2D eigenvalue weighted by atomic mass is 16.2. The molecule has 0 unspecified atom stereocenters. The molecule has 1 aromatic carbocycles. The molecule has 0 saturated heterocycles. The first-order chi connectivity index (χ1) is 12.9. The fourth-order valence-electron chi connectivity index (χ4n) is 4.39. The zero-order valence-electron chi connectivity index (χ0n) is 17.0. The molecule has 1 aromatic rings. The van der Waals surface area contributed by atoms with Gasteiger partial charge in [-0.25, -0.2) is 0 Å². The highest BCUT2D eigenvalue weighted by Crippen LogP contribution is 2.25. The summed E-state index contributed by atoms with van der Waals surface area (Å²) in [5.74, 6) is 1.41. The number of benzene rings is 1. The van der Waals surface area contributed by atoms with Crippen molar-refractivity contribution in [2.24, 2.45) is 11.8 Å². The average Bonchev–Trinajstić information content (AvgIpc) is 2.65. The molecule has 2 aliphatic carbocycles. The Balaban J connectivity index is 1.62. The van der Waals surface area contributed by atoms with Crippen molar-refractivity contribution in [2.75, 3.05) is 0 Å². The summed E-state index contributed by atoms with van der Waals surface area (Å²) >= 11 is 0. The number of carbonyl (C=O) groups excluding carboxylic acids is 2. The van der Waals surface area contributed by atoms with Gasteiger partial charge in [0, 0.05) is 23.2 Å². The fraction of sp³-hybridized carbons (Fsp3) is 0.652. The maximum absolute atomic E-state index is 12.7. The zero-order valence-corrected chi connectivity index (χ0v) is 17.0. The Morgan fingerprint density at radius 3 is 1.44 bits per heavy atom. The van der Waals surface area contributed by atoms with Crippen LogP contribution in [0.25, 0.3) is 0 Å². The molecule has 27 heavy (non-hydrogen) atoms. The maximum atomic E-state index is 12.7. The molecule has 2 aliphatic rings. The van der Waals surface area contributed by atoms with E-state index in [1.165, 1.54) is 25.7 Å². The molecule has 4 nitrogen and oxygen atoms in total. The SMILES string of the molecule is Cc1cc(C(=O)NC2CCC(C)CC2)cc(C(=O)NC2CCC(C)CC2)c1. The van der Waals surface area contributed by atoms with Crippen LogP contribution in [0.15, 0.2) is 18.2 Å². The summed E-state index contributed by atoms with van der Waals surface area (Å²) in [6.07, 6.45) is 8.88. The number of amides is 2. The van der Waals surface area contributed by atoms with Crippen LogP contribution < -0.4 is 10.6 Å². The van der Waals surface area contributed by atoms with Gasteiger partial charge in [0.05, 0.1) is 0 Å². The van der Waals surface area contributed by atoms with Crippen LogP contribution >= 0.6 is 0 Å². The van der Waals surface area contributed by atoms with Crippen LogP contribution in [0.1, 0.15) is 91.5 Å². The first-order valence-electron chi connectivity index (χ1n) is 10.6. The number of hydrogen-bond acceptors (Lipinski definition) is 2. The lowest BCUT2D eigenvalue weighted by Crippen LogP contribution is -2.38. The maximum Gasteiger partial charge on any atom is 0.251 e. The van der Waals surface area contributed by atoms with E-state index in [4.69, 9.17) is 0 Å². The van der Waals surface area contributed by atoms with Crippen molar-refractivity contribution in [3.05, 3.63) is 34.9 Å². The Labute approximate surface area is 163 Å². The minimum absolute atomic E-state index is 0.0567. The van der Waals surface area contributed by atoms with Crippen molar-refractivity contribution in [1.29, 1.82) is 0 Å². The molecule has 2 fully saturated rings. The summed E-state index contributed by atoms with van der Waals surface area (Å²) in [6.45, 7) is 6.49. The molecule has 2 saturated carbocycles. The molecule has 0 aromatic heterocycles. The van der Waals surface area contributed by atoms with Gasteiger partial charge in [-0.1, -0.05) is 13.8 Å². The largest absolute Gasteiger partial charge is 0.349 e. The monoisotopic (exact) mass is 370 g/mol. The van der Waals surface area contributed by atoms with Crippen molar-refractivity contribution in [2.45, 2.75) is 84.2 Å².